The largest absolute Gasteiger partial charge is 0.457 e. The van der Waals surface area contributed by atoms with Gasteiger partial charge in [0.1, 0.15) is 22.8 Å². The lowest BCUT2D eigenvalue weighted by atomic mass is 10.1. The molecule has 1 amide bonds. The molecule has 2 heterocycles. The zero-order valence-electron chi connectivity index (χ0n) is 19.6. The number of nitrogens with zero attached hydrogens (tertiary/aromatic N) is 3. The van der Waals surface area contributed by atoms with Gasteiger partial charge in [-0.15, -0.1) is 12.4 Å². The topological polar surface area (TPSA) is 54.9 Å². The molecule has 0 atom stereocenters. The van der Waals surface area contributed by atoms with Gasteiger partial charge in [0.15, 0.2) is 5.13 Å². The van der Waals surface area contributed by atoms with Gasteiger partial charge in [-0.2, -0.15) is 0 Å². The van der Waals surface area contributed by atoms with Crippen molar-refractivity contribution in [3.05, 3.63) is 84.2 Å². The first kappa shape index (κ1) is 26.0. The van der Waals surface area contributed by atoms with Crippen LogP contribution in [0.4, 0.5) is 9.52 Å². The number of halogens is 2. The summed E-state index contributed by atoms with van der Waals surface area (Å²) < 4.78 is 26.6. The van der Waals surface area contributed by atoms with Crippen LogP contribution >= 0.6 is 23.7 Å². The van der Waals surface area contributed by atoms with E-state index in [1.165, 1.54) is 17.4 Å². The molecule has 4 aromatic rings. The van der Waals surface area contributed by atoms with Crippen molar-refractivity contribution in [1.29, 1.82) is 0 Å². The van der Waals surface area contributed by atoms with Gasteiger partial charge in [0, 0.05) is 26.2 Å². The number of morpholine rings is 1. The highest BCUT2D eigenvalue weighted by atomic mass is 35.5. The molecule has 1 saturated heterocycles. The fourth-order valence-corrected chi connectivity index (χ4v) is 5.08. The van der Waals surface area contributed by atoms with Crippen LogP contribution in [0.3, 0.4) is 0 Å². The number of carbonyl (C=O) groups excluding carboxylic acids is 1. The van der Waals surface area contributed by atoms with Crippen molar-refractivity contribution < 1.29 is 18.7 Å². The first-order valence-electron chi connectivity index (χ1n) is 11.7. The number of thiazole rings is 1. The summed E-state index contributed by atoms with van der Waals surface area (Å²) in [5.41, 5.74) is 0.717. The van der Waals surface area contributed by atoms with Gasteiger partial charge in [-0.1, -0.05) is 47.7 Å². The molecule has 0 bridgehead atoms. The number of hydrogen-bond acceptors (Lipinski definition) is 6. The Morgan fingerprint density at radius 1 is 1.03 bits per heavy atom. The number of anilines is 1. The molecule has 36 heavy (non-hydrogen) atoms. The fourth-order valence-electron chi connectivity index (χ4n) is 4.07. The van der Waals surface area contributed by atoms with Crippen LogP contribution in [-0.2, 0) is 4.74 Å². The molecule has 9 heteroatoms. The molecule has 0 N–H and O–H groups in total. The van der Waals surface area contributed by atoms with Crippen molar-refractivity contribution >= 4 is 45.0 Å². The lowest BCUT2D eigenvalue weighted by Crippen LogP contribution is -2.39. The van der Waals surface area contributed by atoms with E-state index in [-0.39, 0.29) is 23.8 Å². The molecule has 0 spiro atoms. The van der Waals surface area contributed by atoms with Gasteiger partial charge in [-0.3, -0.25) is 14.6 Å². The normalized spacial score (nSPS) is 13.8. The third-order valence-electron chi connectivity index (χ3n) is 5.88. The van der Waals surface area contributed by atoms with E-state index in [0.29, 0.717) is 33.4 Å². The Labute approximate surface area is 219 Å². The zero-order chi connectivity index (χ0) is 24.0. The smallest absolute Gasteiger partial charge is 0.263 e. The third kappa shape index (κ3) is 6.02. The summed E-state index contributed by atoms with van der Waals surface area (Å²) in [5.74, 6) is 0.499. The predicted molar refractivity (Wildman–Crippen MR) is 143 cm³/mol. The second-order valence-electron chi connectivity index (χ2n) is 8.26. The molecule has 1 aromatic heterocycles. The molecule has 0 radical (unpaired) electrons. The number of amides is 1. The van der Waals surface area contributed by atoms with E-state index in [4.69, 9.17) is 9.47 Å². The number of benzene rings is 3. The summed E-state index contributed by atoms with van der Waals surface area (Å²) in [4.78, 5) is 22.4. The molecular weight excluding hydrogens is 501 g/mol. The third-order valence-corrected chi connectivity index (χ3v) is 6.93. The van der Waals surface area contributed by atoms with Gasteiger partial charge in [0.2, 0.25) is 0 Å². The van der Waals surface area contributed by atoms with Gasteiger partial charge in [0.25, 0.3) is 5.91 Å². The van der Waals surface area contributed by atoms with Crippen molar-refractivity contribution in [3.63, 3.8) is 0 Å². The minimum absolute atomic E-state index is 0. The number of carbonyl (C=O) groups is 1. The molecule has 5 rings (SSSR count). The molecule has 0 aliphatic carbocycles. The van der Waals surface area contributed by atoms with Crippen molar-refractivity contribution in [2.45, 2.75) is 6.42 Å². The second-order valence-corrected chi connectivity index (χ2v) is 9.27. The molecule has 0 unspecified atom stereocenters. The van der Waals surface area contributed by atoms with Crippen LogP contribution in [0.5, 0.6) is 11.5 Å². The van der Waals surface area contributed by atoms with Gasteiger partial charge in [-0.05, 0) is 42.8 Å². The van der Waals surface area contributed by atoms with E-state index in [1.807, 2.05) is 48.5 Å². The van der Waals surface area contributed by atoms with E-state index >= 15 is 0 Å². The van der Waals surface area contributed by atoms with E-state index in [1.54, 1.807) is 23.1 Å². The zero-order valence-corrected chi connectivity index (χ0v) is 21.3. The van der Waals surface area contributed by atoms with Gasteiger partial charge in [-0.25, -0.2) is 9.37 Å². The van der Waals surface area contributed by atoms with E-state index in [9.17, 15) is 9.18 Å². The summed E-state index contributed by atoms with van der Waals surface area (Å²) in [6.07, 6.45) is 0.756. The summed E-state index contributed by atoms with van der Waals surface area (Å²) in [6, 6.07) is 21.4. The highest BCUT2D eigenvalue weighted by Crippen LogP contribution is 2.33. The number of hydrogen-bond donors (Lipinski definition) is 0. The highest BCUT2D eigenvalue weighted by Gasteiger charge is 2.25. The molecule has 1 aliphatic rings. The number of fused-ring (bicyclic) bond motifs is 1. The SMILES string of the molecule is Cl.O=C(c1ccccc1Oc1ccccc1)N(CCCN1CCOCC1)c1nc2c(F)cccc2s1. The Balaban J connectivity index is 0.00000304. The number of ether oxygens (including phenoxy) is 2. The summed E-state index contributed by atoms with van der Waals surface area (Å²) >= 11 is 1.32. The fraction of sp³-hybridized carbons (Fsp3) is 0.259. The van der Waals surface area contributed by atoms with Crippen LogP contribution in [-0.4, -0.2) is 55.2 Å². The molecule has 1 fully saturated rings. The predicted octanol–water partition coefficient (Wildman–Crippen LogP) is 6.02. The van der Waals surface area contributed by atoms with Crippen LogP contribution in [0.1, 0.15) is 16.8 Å². The molecule has 6 nitrogen and oxygen atoms in total. The maximum Gasteiger partial charge on any atom is 0.263 e. The Bertz CT molecular complexity index is 1300. The van der Waals surface area contributed by atoms with Crippen LogP contribution in [0.2, 0.25) is 0 Å². The second kappa shape index (κ2) is 12.3. The lowest BCUT2D eigenvalue weighted by molar-refractivity contribution is 0.0376. The first-order valence-corrected chi connectivity index (χ1v) is 12.5. The van der Waals surface area contributed by atoms with Gasteiger partial charge >= 0.3 is 0 Å². The monoisotopic (exact) mass is 527 g/mol. The van der Waals surface area contributed by atoms with Crippen LogP contribution < -0.4 is 9.64 Å². The Morgan fingerprint density at radius 3 is 2.56 bits per heavy atom. The standard InChI is InChI=1S/C27H26FN3O3S.ClH/c28-22-11-6-13-24-25(22)29-27(35-24)31(15-7-14-30-16-18-33-19-17-30)26(32)21-10-4-5-12-23(21)34-20-8-2-1-3-9-20;/h1-6,8-13H,7,14-19H2;1H. The number of rotatable bonds is 8. The Kier molecular flexibility index (Phi) is 8.88. The molecular formula is C27H27ClFN3O3S. The number of para-hydroxylation sites is 3. The van der Waals surface area contributed by atoms with Crippen molar-refractivity contribution in [2.75, 3.05) is 44.3 Å². The average molecular weight is 528 g/mol. The lowest BCUT2D eigenvalue weighted by Gasteiger charge is -2.28. The van der Waals surface area contributed by atoms with Crippen molar-refractivity contribution in [2.24, 2.45) is 0 Å². The van der Waals surface area contributed by atoms with Crippen LogP contribution in [0.15, 0.2) is 72.8 Å². The van der Waals surface area contributed by atoms with Crippen LogP contribution in [0.25, 0.3) is 10.2 Å². The maximum absolute atomic E-state index is 14.4. The van der Waals surface area contributed by atoms with Crippen molar-refractivity contribution in [1.82, 2.24) is 9.88 Å². The van der Waals surface area contributed by atoms with Gasteiger partial charge in [0.05, 0.1) is 23.5 Å². The quantitative estimate of drug-likeness (QED) is 0.280. The minimum Gasteiger partial charge on any atom is -0.457 e. The summed E-state index contributed by atoms with van der Waals surface area (Å²) in [6.45, 7) is 4.52. The summed E-state index contributed by atoms with van der Waals surface area (Å²) in [5, 5.41) is 0.478. The van der Waals surface area contributed by atoms with Crippen molar-refractivity contribution in [3.8, 4) is 11.5 Å². The summed E-state index contributed by atoms with van der Waals surface area (Å²) in [7, 11) is 0. The van der Waals surface area contributed by atoms with E-state index < -0.39 is 5.82 Å². The van der Waals surface area contributed by atoms with E-state index in [0.717, 1.165) is 39.3 Å². The molecule has 188 valence electrons. The maximum atomic E-state index is 14.4. The molecule has 3 aromatic carbocycles. The Hall–Kier alpha value is -3.04. The highest BCUT2D eigenvalue weighted by molar-refractivity contribution is 7.22. The number of aromatic nitrogens is 1. The van der Waals surface area contributed by atoms with Crippen LogP contribution in [0, 0.1) is 5.82 Å². The average Bonchev–Trinajstić information content (AvgIpc) is 3.33. The minimum atomic E-state index is -0.390. The Morgan fingerprint density at radius 2 is 1.78 bits per heavy atom. The first-order chi connectivity index (χ1) is 17.2. The van der Waals surface area contributed by atoms with E-state index in [2.05, 4.69) is 9.88 Å². The molecule has 1 aliphatic heterocycles. The molecule has 0 saturated carbocycles. The van der Waals surface area contributed by atoms with Gasteiger partial charge < -0.3 is 9.47 Å².